The number of phenols is 1. The largest absolute Gasteiger partial charge is 0.508 e. The van der Waals surface area contributed by atoms with Crippen LogP contribution in [0.5, 0.6) is 5.75 Å². The fourth-order valence-corrected chi connectivity index (χ4v) is 2.74. The second-order valence-corrected chi connectivity index (χ2v) is 6.21. The third-order valence-corrected chi connectivity index (χ3v) is 4.38. The summed E-state index contributed by atoms with van der Waals surface area (Å²) in [6.07, 6.45) is 2.04. The summed E-state index contributed by atoms with van der Waals surface area (Å²) < 4.78 is 0. The van der Waals surface area contributed by atoms with Gasteiger partial charge >= 0.3 is 0 Å². The summed E-state index contributed by atoms with van der Waals surface area (Å²) in [7, 11) is 0. The number of aromatic hydroxyl groups is 1. The zero-order valence-corrected chi connectivity index (χ0v) is 16.3. The molecule has 6 heteroatoms. The first-order chi connectivity index (χ1) is 13.6. The quantitative estimate of drug-likeness (QED) is 0.460. The summed E-state index contributed by atoms with van der Waals surface area (Å²) in [6, 6.07) is 16.6. The van der Waals surface area contributed by atoms with E-state index in [4.69, 9.17) is 0 Å². The average Bonchev–Trinajstić information content (AvgIpc) is 2.72. The summed E-state index contributed by atoms with van der Waals surface area (Å²) >= 11 is 0. The fourth-order valence-electron chi connectivity index (χ4n) is 2.74. The lowest BCUT2D eigenvalue weighted by molar-refractivity contribution is -0.117. The van der Waals surface area contributed by atoms with Crippen LogP contribution >= 0.6 is 0 Å². The molecule has 0 spiro atoms. The minimum atomic E-state index is -0.423. The topological polar surface area (TPSA) is 88.4 Å². The van der Waals surface area contributed by atoms with Gasteiger partial charge in [0.2, 0.25) is 0 Å². The second-order valence-electron chi connectivity index (χ2n) is 6.21. The number of hydrogen-bond acceptors (Lipinski definition) is 5. The monoisotopic (exact) mass is 378 g/mol. The van der Waals surface area contributed by atoms with Gasteiger partial charge in [0.05, 0.1) is 0 Å². The van der Waals surface area contributed by atoms with Gasteiger partial charge in [0.1, 0.15) is 17.4 Å². The van der Waals surface area contributed by atoms with Crippen molar-refractivity contribution in [2.75, 3.05) is 29.9 Å². The molecular weight excluding hydrogens is 352 g/mol. The molecule has 2 rings (SSSR count). The molecule has 0 aliphatic rings. The SMILES string of the molecule is CCN(CC)c1ccc(N/C=C(/C#N)C(=O)NCCc2ccc(O)cc2)cc1. The van der Waals surface area contributed by atoms with Crippen molar-refractivity contribution in [3.63, 3.8) is 0 Å². The van der Waals surface area contributed by atoms with E-state index in [9.17, 15) is 15.2 Å². The van der Waals surface area contributed by atoms with Crippen molar-refractivity contribution >= 4 is 17.3 Å². The van der Waals surface area contributed by atoms with Gasteiger partial charge in [-0.3, -0.25) is 4.79 Å². The lowest BCUT2D eigenvalue weighted by atomic mass is 10.1. The standard InChI is InChI=1S/C22H26N4O2/c1-3-26(4-2)20-9-7-19(8-10-20)25-16-18(15-23)22(28)24-14-13-17-5-11-21(27)12-6-17/h5-12,16,25,27H,3-4,13-14H2,1-2H3,(H,24,28)/b18-16-. The Hall–Kier alpha value is -3.46. The van der Waals surface area contributed by atoms with E-state index < -0.39 is 5.91 Å². The predicted octanol–water partition coefficient (Wildman–Crippen LogP) is 3.42. The zero-order valence-electron chi connectivity index (χ0n) is 16.3. The molecule has 0 aromatic heterocycles. The van der Waals surface area contributed by atoms with Crippen molar-refractivity contribution in [3.8, 4) is 11.8 Å². The molecule has 0 atom stereocenters. The number of nitriles is 1. The third kappa shape index (κ3) is 6.06. The highest BCUT2D eigenvalue weighted by Crippen LogP contribution is 2.18. The number of rotatable bonds is 9. The second kappa shape index (κ2) is 10.6. The van der Waals surface area contributed by atoms with Crippen molar-refractivity contribution in [1.82, 2.24) is 5.32 Å². The van der Waals surface area contributed by atoms with E-state index in [1.54, 1.807) is 24.3 Å². The molecule has 0 radical (unpaired) electrons. The number of carbonyl (C=O) groups excluding carboxylic acids is 1. The molecular formula is C22H26N4O2. The van der Waals surface area contributed by atoms with Gasteiger partial charge < -0.3 is 20.6 Å². The number of hydrogen-bond donors (Lipinski definition) is 3. The van der Waals surface area contributed by atoms with E-state index in [1.807, 2.05) is 30.3 Å². The van der Waals surface area contributed by atoms with Crippen molar-refractivity contribution in [2.24, 2.45) is 0 Å². The third-order valence-electron chi connectivity index (χ3n) is 4.38. The predicted molar refractivity (Wildman–Crippen MR) is 112 cm³/mol. The van der Waals surface area contributed by atoms with Gasteiger partial charge in [-0.25, -0.2) is 0 Å². The van der Waals surface area contributed by atoms with Crippen LogP contribution in [0.3, 0.4) is 0 Å². The summed E-state index contributed by atoms with van der Waals surface area (Å²) in [5.74, 6) is -0.216. The maximum absolute atomic E-state index is 12.2. The number of nitrogens with one attached hydrogen (secondary N) is 2. The lowest BCUT2D eigenvalue weighted by Crippen LogP contribution is -2.27. The van der Waals surface area contributed by atoms with Crippen LogP contribution in [-0.2, 0) is 11.2 Å². The van der Waals surface area contributed by atoms with Crippen LogP contribution < -0.4 is 15.5 Å². The van der Waals surface area contributed by atoms with E-state index in [-0.39, 0.29) is 11.3 Å². The Morgan fingerprint density at radius 1 is 1.11 bits per heavy atom. The molecule has 0 aliphatic carbocycles. The minimum Gasteiger partial charge on any atom is -0.508 e. The van der Waals surface area contributed by atoms with Crippen LogP contribution in [0.1, 0.15) is 19.4 Å². The fraction of sp³-hybridized carbons (Fsp3) is 0.273. The molecule has 0 saturated heterocycles. The Bertz CT molecular complexity index is 832. The summed E-state index contributed by atoms with van der Waals surface area (Å²) in [5, 5.41) is 24.3. The highest BCUT2D eigenvalue weighted by atomic mass is 16.3. The van der Waals surface area contributed by atoms with Gasteiger partial charge in [-0.05, 0) is 62.2 Å². The first kappa shape index (κ1) is 20.8. The first-order valence-electron chi connectivity index (χ1n) is 9.35. The smallest absolute Gasteiger partial charge is 0.263 e. The molecule has 0 heterocycles. The molecule has 0 bridgehead atoms. The Balaban J connectivity index is 1.89. The van der Waals surface area contributed by atoms with Gasteiger partial charge in [-0.2, -0.15) is 5.26 Å². The van der Waals surface area contributed by atoms with Gasteiger partial charge in [0.15, 0.2) is 0 Å². The molecule has 0 fully saturated rings. The molecule has 1 amide bonds. The molecule has 0 aliphatic heterocycles. The lowest BCUT2D eigenvalue weighted by Gasteiger charge is -2.21. The maximum Gasteiger partial charge on any atom is 0.263 e. The van der Waals surface area contributed by atoms with Crippen LogP contribution in [0, 0.1) is 11.3 Å². The molecule has 0 unspecified atom stereocenters. The van der Waals surface area contributed by atoms with Crippen LogP contribution in [-0.4, -0.2) is 30.6 Å². The molecule has 146 valence electrons. The summed E-state index contributed by atoms with van der Waals surface area (Å²) in [6.45, 7) is 6.50. The molecule has 3 N–H and O–H groups in total. The van der Waals surface area contributed by atoms with E-state index >= 15 is 0 Å². The van der Waals surface area contributed by atoms with Crippen LogP contribution in [0.15, 0.2) is 60.3 Å². The zero-order chi connectivity index (χ0) is 20.4. The van der Waals surface area contributed by atoms with Crippen molar-refractivity contribution in [1.29, 1.82) is 5.26 Å². The number of amides is 1. The van der Waals surface area contributed by atoms with Crippen molar-refractivity contribution < 1.29 is 9.90 Å². The molecule has 28 heavy (non-hydrogen) atoms. The normalized spacial score (nSPS) is 10.8. The van der Waals surface area contributed by atoms with E-state index in [0.29, 0.717) is 13.0 Å². The molecule has 2 aromatic rings. The Labute approximate surface area is 166 Å². The highest BCUT2D eigenvalue weighted by molar-refractivity contribution is 5.97. The Morgan fingerprint density at radius 3 is 2.32 bits per heavy atom. The van der Waals surface area contributed by atoms with Gasteiger partial charge in [-0.1, -0.05) is 12.1 Å². The number of nitrogens with zero attached hydrogens (tertiary/aromatic N) is 2. The summed E-state index contributed by atoms with van der Waals surface area (Å²) in [5.41, 5.74) is 2.94. The number of benzene rings is 2. The highest BCUT2D eigenvalue weighted by Gasteiger charge is 2.08. The van der Waals surface area contributed by atoms with E-state index in [1.165, 1.54) is 6.20 Å². The molecule has 2 aromatic carbocycles. The van der Waals surface area contributed by atoms with Crippen LogP contribution in [0.2, 0.25) is 0 Å². The minimum absolute atomic E-state index is 0.0125. The van der Waals surface area contributed by atoms with E-state index in [2.05, 4.69) is 29.4 Å². The number of carbonyl (C=O) groups is 1. The summed E-state index contributed by atoms with van der Waals surface area (Å²) in [4.78, 5) is 14.4. The Kier molecular flexibility index (Phi) is 7.92. The number of anilines is 2. The Morgan fingerprint density at radius 2 is 1.75 bits per heavy atom. The van der Waals surface area contributed by atoms with E-state index in [0.717, 1.165) is 30.0 Å². The van der Waals surface area contributed by atoms with Crippen LogP contribution in [0.25, 0.3) is 0 Å². The van der Waals surface area contributed by atoms with Crippen LogP contribution in [0.4, 0.5) is 11.4 Å². The van der Waals surface area contributed by atoms with Gasteiger partial charge in [0.25, 0.3) is 5.91 Å². The first-order valence-corrected chi connectivity index (χ1v) is 9.35. The van der Waals surface area contributed by atoms with Crippen molar-refractivity contribution in [2.45, 2.75) is 20.3 Å². The van der Waals surface area contributed by atoms with Crippen molar-refractivity contribution in [3.05, 3.63) is 65.9 Å². The van der Waals surface area contributed by atoms with Gasteiger partial charge in [-0.15, -0.1) is 0 Å². The average molecular weight is 378 g/mol. The molecule has 0 saturated carbocycles. The molecule has 6 nitrogen and oxygen atoms in total. The number of phenolic OH excluding ortho intramolecular Hbond substituents is 1. The van der Waals surface area contributed by atoms with Gasteiger partial charge in [0, 0.05) is 37.2 Å². The maximum atomic E-state index is 12.2.